The molecule has 0 bridgehead atoms. The zero-order chi connectivity index (χ0) is 9.68. The molecule has 0 amide bonds. The van der Waals surface area contributed by atoms with Gasteiger partial charge in [0.1, 0.15) is 6.10 Å². The zero-order valence-corrected chi connectivity index (χ0v) is 8.71. The second kappa shape index (κ2) is 5.25. The molecule has 2 atom stereocenters. The highest BCUT2D eigenvalue weighted by molar-refractivity contribution is 5.71. The van der Waals surface area contributed by atoms with Crippen molar-refractivity contribution >= 4 is 5.97 Å². The highest BCUT2D eigenvalue weighted by atomic mass is 16.5. The largest absolute Gasteiger partial charge is 0.462 e. The maximum atomic E-state index is 10.8. The van der Waals surface area contributed by atoms with Gasteiger partial charge in [0.25, 0.3) is 0 Å². The number of cyclic esters (lactones) is 1. The van der Waals surface area contributed by atoms with Crippen LogP contribution in [0.2, 0.25) is 0 Å². The Labute approximate surface area is 80.7 Å². The summed E-state index contributed by atoms with van der Waals surface area (Å²) in [6, 6.07) is 0. The summed E-state index contributed by atoms with van der Waals surface area (Å²) in [4.78, 5) is 10.8. The molecule has 0 aliphatic carbocycles. The number of esters is 1. The van der Waals surface area contributed by atoms with Gasteiger partial charge in [-0.1, -0.05) is 26.7 Å². The minimum absolute atomic E-state index is 0.00598. The SMILES string of the molecule is CCC(C)CCC[C@H]1CCC(=O)O1. The molecule has 1 heterocycles. The first-order chi connectivity index (χ1) is 6.22. The molecule has 0 radical (unpaired) electrons. The van der Waals surface area contributed by atoms with Crippen LogP contribution in [0.4, 0.5) is 0 Å². The third kappa shape index (κ3) is 3.79. The van der Waals surface area contributed by atoms with Gasteiger partial charge in [-0.25, -0.2) is 0 Å². The number of hydrogen-bond acceptors (Lipinski definition) is 2. The van der Waals surface area contributed by atoms with Crippen molar-refractivity contribution in [2.45, 2.75) is 58.5 Å². The Morgan fingerprint density at radius 2 is 2.38 bits per heavy atom. The smallest absolute Gasteiger partial charge is 0.306 e. The van der Waals surface area contributed by atoms with Crippen LogP contribution in [-0.2, 0) is 9.53 Å². The summed E-state index contributed by atoms with van der Waals surface area (Å²) < 4.78 is 5.14. The Balaban J connectivity index is 2.03. The van der Waals surface area contributed by atoms with E-state index >= 15 is 0 Å². The fourth-order valence-corrected chi connectivity index (χ4v) is 1.68. The maximum absolute atomic E-state index is 10.8. The van der Waals surface area contributed by atoms with Crippen molar-refractivity contribution in [2.24, 2.45) is 5.92 Å². The third-order valence-electron chi connectivity index (χ3n) is 2.89. The van der Waals surface area contributed by atoms with Gasteiger partial charge in [-0.3, -0.25) is 4.79 Å². The molecule has 1 fully saturated rings. The topological polar surface area (TPSA) is 26.3 Å². The average Bonchev–Trinajstić information content (AvgIpc) is 2.51. The van der Waals surface area contributed by atoms with Crippen molar-refractivity contribution in [1.29, 1.82) is 0 Å². The normalized spacial score (nSPS) is 24.5. The maximum Gasteiger partial charge on any atom is 0.306 e. The number of carbonyl (C=O) groups is 1. The quantitative estimate of drug-likeness (QED) is 0.614. The fourth-order valence-electron chi connectivity index (χ4n) is 1.68. The van der Waals surface area contributed by atoms with Gasteiger partial charge in [-0.2, -0.15) is 0 Å². The predicted molar refractivity (Wildman–Crippen MR) is 52.4 cm³/mol. The highest BCUT2D eigenvalue weighted by Crippen LogP contribution is 2.20. The van der Waals surface area contributed by atoms with Gasteiger partial charge in [0.05, 0.1) is 0 Å². The zero-order valence-electron chi connectivity index (χ0n) is 8.71. The Hall–Kier alpha value is -0.530. The van der Waals surface area contributed by atoms with Gasteiger partial charge in [0, 0.05) is 6.42 Å². The first kappa shape index (κ1) is 10.6. The van der Waals surface area contributed by atoms with Crippen LogP contribution < -0.4 is 0 Å². The van der Waals surface area contributed by atoms with Crippen molar-refractivity contribution < 1.29 is 9.53 Å². The number of ether oxygens (including phenoxy) is 1. The van der Waals surface area contributed by atoms with Crippen LogP contribution in [0.5, 0.6) is 0 Å². The van der Waals surface area contributed by atoms with Gasteiger partial charge < -0.3 is 4.74 Å². The van der Waals surface area contributed by atoms with Gasteiger partial charge >= 0.3 is 5.97 Å². The van der Waals surface area contributed by atoms with E-state index < -0.39 is 0 Å². The molecule has 0 aromatic heterocycles. The summed E-state index contributed by atoms with van der Waals surface area (Å²) in [6.07, 6.45) is 6.60. The van der Waals surface area contributed by atoms with E-state index in [1.807, 2.05) is 0 Å². The first-order valence-electron chi connectivity index (χ1n) is 5.41. The molecule has 0 aromatic rings. The molecule has 0 saturated carbocycles. The molecule has 1 rings (SSSR count). The first-order valence-corrected chi connectivity index (χ1v) is 5.41. The fraction of sp³-hybridized carbons (Fsp3) is 0.909. The van der Waals surface area contributed by atoms with E-state index in [1.54, 1.807) is 0 Å². The molecule has 0 spiro atoms. The van der Waals surface area contributed by atoms with E-state index in [1.165, 1.54) is 19.3 Å². The Kier molecular flexibility index (Phi) is 4.26. The van der Waals surface area contributed by atoms with Gasteiger partial charge in [-0.15, -0.1) is 0 Å². The standard InChI is InChI=1S/C11H20O2/c1-3-9(2)5-4-6-10-7-8-11(12)13-10/h9-10H,3-8H2,1-2H3/t9?,10-/m0/s1. The van der Waals surface area contributed by atoms with Crippen LogP contribution in [-0.4, -0.2) is 12.1 Å². The van der Waals surface area contributed by atoms with Gasteiger partial charge in [-0.05, 0) is 25.2 Å². The molecule has 1 aliphatic rings. The lowest BCUT2D eigenvalue weighted by Gasteiger charge is -2.11. The molecule has 0 aromatic carbocycles. The molecule has 0 N–H and O–H groups in total. The summed E-state index contributed by atoms with van der Waals surface area (Å²) >= 11 is 0. The Morgan fingerprint density at radius 3 is 2.92 bits per heavy atom. The van der Waals surface area contributed by atoms with Crippen LogP contribution in [0.1, 0.15) is 52.4 Å². The van der Waals surface area contributed by atoms with Crippen LogP contribution in [0.15, 0.2) is 0 Å². The number of rotatable bonds is 5. The lowest BCUT2D eigenvalue weighted by atomic mass is 9.99. The van der Waals surface area contributed by atoms with Crippen LogP contribution in [0.3, 0.4) is 0 Å². The van der Waals surface area contributed by atoms with E-state index in [0.717, 1.165) is 18.8 Å². The van der Waals surface area contributed by atoms with Crippen molar-refractivity contribution in [3.05, 3.63) is 0 Å². The minimum atomic E-state index is -0.00598. The predicted octanol–water partition coefficient (Wildman–Crippen LogP) is 2.91. The van der Waals surface area contributed by atoms with E-state index in [4.69, 9.17) is 4.74 Å². The summed E-state index contributed by atoms with van der Waals surface area (Å²) in [6.45, 7) is 4.50. The molecular weight excluding hydrogens is 164 g/mol. The Morgan fingerprint density at radius 1 is 1.62 bits per heavy atom. The van der Waals surface area contributed by atoms with Crippen molar-refractivity contribution in [3.63, 3.8) is 0 Å². The summed E-state index contributed by atoms with van der Waals surface area (Å²) in [5.74, 6) is 0.811. The van der Waals surface area contributed by atoms with E-state index in [-0.39, 0.29) is 12.1 Å². The van der Waals surface area contributed by atoms with Gasteiger partial charge in [0.15, 0.2) is 0 Å². The molecule has 1 aliphatic heterocycles. The van der Waals surface area contributed by atoms with Crippen LogP contribution in [0, 0.1) is 5.92 Å². The minimum Gasteiger partial charge on any atom is -0.462 e. The van der Waals surface area contributed by atoms with E-state index in [0.29, 0.717) is 6.42 Å². The number of hydrogen-bond donors (Lipinski definition) is 0. The van der Waals surface area contributed by atoms with Crippen LogP contribution >= 0.6 is 0 Å². The lowest BCUT2D eigenvalue weighted by molar-refractivity contribution is -0.141. The second-order valence-electron chi connectivity index (χ2n) is 4.09. The van der Waals surface area contributed by atoms with Crippen molar-refractivity contribution in [2.75, 3.05) is 0 Å². The molecule has 2 heteroatoms. The summed E-state index contributed by atoms with van der Waals surface area (Å²) in [7, 11) is 0. The third-order valence-corrected chi connectivity index (χ3v) is 2.89. The van der Waals surface area contributed by atoms with E-state index in [2.05, 4.69) is 13.8 Å². The van der Waals surface area contributed by atoms with E-state index in [9.17, 15) is 4.79 Å². The second-order valence-corrected chi connectivity index (χ2v) is 4.09. The summed E-state index contributed by atoms with van der Waals surface area (Å²) in [5, 5.41) is 0. The monoisotopic (exact) mass is 184 g/mol. The molecular formula is C11H20O2. The highest BCUT2D eigenvalue weighted by Gasteiger charge is 2.22. The Bertz CT molecular complexity index is 165. The van der Waals surface area contributed by atoms with Crippen molar-refractivity contribution in [3.8, 4) is 0 Å². The summed E-state index contributed by atoms with van der Waals surface area (Å²) in [5.41, 5.74) is 0. The van der Waals surface area contributed by atoms with Gasteiger partial charge in [0.2, 0.25) is 0 Å². The number of carbonyl (C=O) groups excluding carboxylic acids is 1. The van der Waals surface area contributed by atoms with Crippen LogP contribution in [0.25, 0.3) is 0 Å². The molecule has 76 valence electrons. The average molecular weight is 184 g/mol. The van der Waals surface area contributed by atoms with Crippen molar-refractivity contribution in [1.82, 2.24) is 0 Å². The molecule has 1 unspecified atom stereocenters. The molecule has 1 saturated heterocycles. The molecule has 13 heavy (non-hydrogen) atoms. The lowest BCUT2D eigenvalue weighted by Crippen LogP contribution is -2.07. The molecule has 2 nitrogen and oxygen atoms in total.